The molecule has 0 heterocycles. The molecule has 0 spiro atoms. The summed E-state index contributed by atoms with van der Waals surface area (Å²) in [4.78, 5) is 11.1. The van der Waals surface area contributed by atoms with E-state index in [1.165, 1.54) is 12.8 Å². The molecule has 2 N–H and O–H groups in total. The summed E-state index contributed by atoms with van der Waals surface area (Å²) in [5.41, 5.74) is 5.75. The van der Waals surface area contributed by atoms with Gasteiger partial charge in [0.25, 0.3) is 0 Å². The molecular formula is C10H17NO. The van der Waals surface area contributed by atoms with Crippen LogP contribution in [0.15, 0.2) is 0 Å². The third-order valence-electron chi connectivity index (χ3n) is 4.22. The number of nitrogens with two attached hydrogens (primary N) is 1. The highest BCUT2D eigenvalue weighted by atomic mass is 16.1. The van der Waals surface area contributed by atoms with Crippen molar-refractivity contribution in [1.29, 1.82) is 0 Å². The molecule has 12 heavy (non-hydrogen) atoms. The number of carbonyl (C=O) groups is 1. The van der Waals surface area contributed by atoms with Gasteiger partial charge in [-0.3, -0.25) is 4.79 Å². The normalized spacial score (nSPS) is 43.3. The SMILES string of the molecule is CC1(C)[C@H]2CCC(C(N)=O)[C@@H]1C2. The van der Waals surface area contributed by atoms with Crippen LogP contribution >= 0.6 is 0 Å². The van der Waals surface area contributed by atoms with Crippen LogP contribution < -0.4 is 5.73 Å². The van der Waals surface area contributed by atoms with Gasteiger partial charge in [-0.1, -0.05) is 13.8 Å². The average Bonchev–Trinajstić information content (AvgIpc) is 2.04. The standard InChI is InChI=1S/C10H17NO/c1-10(2)6-3-4-7(9(11)12)8(10)5-6/h6-8H,3-5H2,1-2H3,(H2,11,12)/t6-,7?,8-/m0/s1. The predicted octanol–water partition coefficient (Wildman–Crippen LogP) is 1.54. The van der Waals surface area contributed by atoms with Crippen molar-refractivity contribution in [3.8, 4) is 0 Å². The number of primary amides is 1. The molecule has 3 aliphatic carbocycles. The fraction of sp³-hybridized carbons (Fsp3) is 0.900. The van der Waals surface area contributed by atoms with E-state index >= 15 is 0 Å². The third kappa shape index (κ3) is 0.838. The molecule has 1 amide bonds. The van der Waals surface area contributed by atoms with Crippen LogP contribution in [0.2, 0.25) is 0 Å². The third-order valence-corrected chi connectivity index (χ3v) is 4.22. The van der Waals surface area contributed by atoms with E-state index in [9.17, 15) is 4.79 Å². The first-order valence-electron chi connectivity index (χ1n) is 4.83. The van der Waals surface area contributed by atoms with Crippen molar-refractivity contribution in [3.05, 3.63) is 0 Å². The van der Waals surface area contributed by atoms with E-state index in [1.54, 1.807) is 0 Å². The van der Waals surface area contributed by atoms with Gasteiger partial charge in [0.15, 0.2) is 0 Å². The van der Waals surface area contributed by atoms with Gasteiger partial charge in [0.05, 0.1) is 0 Å². The van der Waals surface area contributed by atoms with Gasteiger partial charge in [-0.2, -0.15) is 0 Å². The summed E-state index contributed by atoms with van der Waals surface area (Å²) in [6.45, 7) is 4.56. The molecule has 2 bridgehead atoms. The first-order valence-corrected chi connectivity index (χ1v) is 4.83. The van der Waals surface area contributed by atoms with Gasteiger partial charge in [-0.15, -0.1) is 0 Å². The maximum Gasteiger partial charge on any atom is 0.220 e. The molecule has 0 radical (unpaired) electrons. The smallest absolute Gasteiger partial charge is 0.220 e. The summed E-state index contributed by atoms with van der Waals surface area (Å²) in [7, 11) is 0. The maximum atomic E-state index is 11.1. The van der Waals surface area contributed by atoms with Crippen molar-refractivity contribution in [2.75, 3.05) is 0 Å². The van der Waals surface area contributed by atoms with Gasteiger partial charge in [-0.05, 0) is 36.5 Å². The monoisotopic (exact) mass is 167 g/mol. The Bertz CT molecular complexity index is 220. The van der Waals surface area contributed by atoms with Crippen LogP contribution in [0, 0.1) is 23.2 Å². The molecule has 0 aromatic carbocycles. The average molecular weight is 167 g/mol. The molecular weight excluding hydrogens is 150 g/mol. The molecule has 2 heteroatoms. The fourth-order valence-corrected chi connectivity index (χ4v) is 3.15. The van der Waals surface area contributed by atoms with Crippen molar-refractivity contribution in [2.45, 2.75) is 33.1 Å². The Morgan fingerprint density at radius 2 is 2.08 bits per heavy atom. The second-order valence-electron chi connectivity index (χ2n) is 4.95. The van der Waals surface area contributed by atoms with Crippen LogP contribution in [-0.4, -0.2) is 5.91 Å². The lowest BCUT2D eigenvalue weighted by molar-refractivity contribution is -0.145. The van der Waals surface area contributed by atoms with Gasteiger partial charge < -0.3 is 5.73 Å². The molecule has 3 rings (SSSR count). The van der Waals surface area contributed by atoms with E-state index in [1.807, 2.05) is 0 Å². The molecule has 3 aliphatic rings. The van der Waals surface area contributed by atoms with Crippen LogP contribution in [0.4, 0.5) is 0 Å². The Morgan fingerprint density at radius 1 is 1.42 bits per heavy atom. The Labute approximate surface area is 73.5 Å². The van der Waals surface area contributed by atoms with Gasteiger partial charge in [0.1, 0.15) is 0 Å². The van der Waals surface area contributed by atoms with E-state index in [0.717, 1.165) is 12.3 Å². The first kappa shape index (κ1) is 8.09. The molecule has 0 aromatic rings. The number of fused-ring (bicyclic) bond motifs is 2. The number of carbonyl (C=O) groups excluding carboxylic acids is 1. The van der Waals surface area contributed by atoms with Crippen LogP contribution in [0.5, 0.6) is 0 Å². The van der Waals surface area contributed by atoms with Crippen molar-refractivity contribution < 1.29 is 4.79 Å². The molecule has 3 saturated carbocycles. The highest BCUT2D eigenvalue weighted by Gasteiger charge is 2.55. The zero-order chi connectivity index (χ0) is 8.93. The van der Waals surface area contributed by atoms with Crippen molar-refractivity contribution in [2.24, 2.45) is 28.9 Å². The Kier molecular flexibility index (Phi) is 1.51. The number of hydrogen-bond donors (Lipinski definition) is 1. The van der Waals surface area contributed by atoms with Gasteiger partial charge >= 0.3 is 0 Å². The van der Waals surface area contributed by atoms with E-state index in [-0.39, 0.29) is 11.8 Å². The number of hydrogen-bond acceptors (Lipinski definition) is 1. The van der Waals surface area contributed by atoms with Crippen LogP contribution in [-0.2, 0) is 4.79 Å². The van der Waals surface area contributed by atoms with Gasteiger partial charge in [-0.25, -0.2) is 0 Å². The number of amides is 1. The zero-order valence-corrected chi connectivity index (χ0v) is 7.84. The quantitative estimate of drug-likeness (QED) is 0.632. The summed E-state index contributed by atoms with van der Waals surface area (Å²) in [6.07, 6.45) is 3.48. The predicted molar refractivity (Wildman–Crippen MR) is 47.3 cm³/mol. The van der Waals surface area contributed by atoms with E-state index in [4.69, 9.17) is 5.73 Å². The van der Waals surface area contributed by atoms with E-state index in [2.05, 4.69) is 13.8 Å². The lowest BCUT2D eigenvalue weighted by atomic mass is 9.45. The Hall–Kier alpha value is -0.530. The largest absolute Gasteiger partial charge is 0.369 e. The van der Waals surface area contributed by atoms with E-state index < -0.39 is 0 Å². The van der Waals surface area contributed by atoms with Crippen LogP contribution in [0.1, 0.15) is 33.1 Å². The minimum atomic E-state index is -0.0776. The Balaban J connectivity index is 2.16. The van der Waals surface area contributed by atoms with Gasteiger partial charge in [0, 0.05) is 5.92 Å². The molecule has 3 atom stereocenters. The molecule has 2 nitrogen and oxygen atoms in total. The highest BCUT2D eigenvalue weighted by Crippen LogP contribution is 2.61. The Morgan fingerprint density at radius 3 is 2.42 bits per heavy atom. The van der Waals surface area contributed by atoms with Crippen molar-refractivity contribution in [3.63, 3.8) is 0 Å². The highest BCUT2D eigenvalue weighted by molar-refractivity contribution is 5.77. The molecule has 68 valence electrons. The summed E-state index contributed by atoms with van der Waals surface area (Å²) < 4.78 is 0. The van der Waals surface area contributed by atoms with Crippen LogP contribution in [0.25, 0.3) is 0 Å². The zero-order valence-electron chi connectivity index (χ0n) is 7.84. The van der Waals surface area contributed by atoms with Gasteiger partial charge in [0.2, 0.25) is 5.91 Å². The molecule has 0 saturated heterocycles. The van der Waals surface area contributed by atoms with Crippen molar-refractivity contribution in [1.82, 2.24) is 0 Å². The lowest BCUT2D eigenvalue weighted by Crippen LogP contribution is -2.55. The lowest BCUT2D eigenvalue weighted by Gasteiger charge is -2.59. The topological polar surface area (TPSA) is 43.1 Å². The summed E-state index contributed by atoms with van der Waals surface area (Å²) in [5.74, 6) is 1.53. The van der Waals surface area contributed by atoms with Crippen LogP contribution in [0.3, 0.4) is 0 Å². The van der Waals surface area contributed by atoms with E-state index in [0.29, 0.717) is 11.3 Å². The maximum absolute atomic E-state index is 11.1. The molecule has 3 fully saturated rings. The minimum absolute atomic E-state index is 0.0776. The van der Waals surface area contributed by atoms with Crippen molar-refractivity contribution >= 4 is 5.91 Å². The molecule has 0 aromatic heterocycles. The summed E-state index contributed by atoms with van der Waals surface area (Å²) in [6, 6.07) is 0. The molecule has 0 aliphatic heterocycles. The molecule has 1 unspecified atom stereocenters. The second-order valence-corrected chi connectivity index (χ2v) is 4.95. The fourth-order valence-electron chi connectivity index (χ4n) is 3.15. The summed E-state index contributed by atoms with van der Waals surface area (Å²) >= 11 is 0. The second kappa shape index (κ2) is 2.24. The minimum Gasteiger partial charge on any atom is -0.369 e. The first-order chi connectivity index (χ1) is 5.53. The number of rotatable bonds is 1. The summed E-state index contributed by atoms with van der Waals surface area (Å²) in [5, 5.41) is 0.